The van der Waals surface area contributed by atoms with Crippen molar-refractivity contribution in [1.29, 1.82) is 0 Å². The second kappa shape index (κ2) is 7.21. The van der Waals surface area contributed by atoms with Crippen LogP contribution in [0.15, 0.2) is 41.0 Å². The number of carbonyl (C=O) groups excluding carboxylic acids is 2. The van der Waals surface area contributed by atoms with Crippen LogP contribution in [0, 0.1) is 0 Å². The van der Waals surface area contributed by atoms with Crippen molar-refractivity contribution in [2.75, 3.05) is 18.7 Å². The Morgan fingerprint density at radius 2 is 2.07 bits per heavy atom. The molecule has 1 aromatic carbocycles. The number of ether oxygens (including phenoxy) is 2. The Hall–Kier alpha value is -3.40. The number of rotatable bonds is 4. The molecule has 1 fully saturated rings. The molecule has 1 atom stereocenters. The molecule has 29 heavy (non-hydrogen) atoms. The Labute approximate surface area is 169 Å². The Bertz CT molecular complexity index is 1060. The molecule has 0 saturated carbocycles. The number of hydrogen-bond acceptors (Lipinski definition) is 8. The van der Waals surface area contributed by atoms with Crippen molar-refractivity contribution in [3.8, 4) is 22.1 Å². The molecule has 2 amide bonds. The Morgan fingerprint density at radius 1 is 1.17 bits per heavy atom. The molecule has 2 aromatic heterocycles. The predicted molar refractivity (Wildman–Crippen MR) is 103 cm³/mol. The van der Waals surface area contributed by atoms with Gasteiger partial charge in [-0.05, 0) is 43.2 Å². The summed E-state index contributed by atoms with van der Waals surface area (Å²) in [5.41, 5.74) is 0.822. The van der Waals surface area contributed by atoms with Gasteiger partial charge in [0.1, 0.15) is 11.0 Å². The van der Waals surface area contributed by atoms with Crippen molar-refractivity contribution in [3.63, 3.8) is 0 Å². The van der Waals surface area contributed by atoms with Crippen LogP contribution in [0.1, 0.15) is 23.4 Å². The fourth-order valence-electron chi connectivity index (χ4n) is 3.43. The van der Waals surface area contributed by atoms with Crippen LogP contribution in [0.5, 0.6) is 11.5 Å². The highest BCUT2D eigenvalue weighted by molar-refractivity contribution is 7.18. The minimum Gasteiger partial charge on any atom is -0.459 e. The normalized spacial score (nSPS) is 17.5. The second-order valence-electron chi connectivity index (χ2n) is 6.60. The summed E-state index contributed by atoms with van der Waals surface area (Å²) in [7, 11) is 0. The van der Waals surface area contributed by atoms with E-state index in [1.807, 2.05) is 18.2 Å². The van der Waals surface area contributed by atoms with Gasteiger partial charge >= 0.3 is 0 Å². The third-order valence-corrected chi connectivity index (χ3v) is 5.71. The number of amides is 2. The molecule has 5 rings (SSSR count). The van der Waals surface area contributed by atoms with Gasteiger partial charge in [0, 0.05) is 12.1 Å². The minimum absolute atomic E-state index is 0.199. The Balaban J connectivity index is 1.29. The third kappa shape index (κ3) is 3.31. The molecule has 1 N–H and O–H groups in total. The highest BCUT2D eigenvalue weighted by Gasteiger charge is 2.36. The maximum Gasteiger partial charge on any atom is 0.290 e. The average molecular weight is 412 g/mol. The number of anilines is 1. The molecule has 148 valence electrons. The predicted octanol–water partition coefficient (Wildman–Crippen LogP) is 2.77. The molecule has 0 aliphatic carbocycles. The summed E-state index contributed by atoms with van der Waals surface area (Å²) in [5, 5.41) is 12.0. The molecule has 2 aliphatic rings. The van der Waals surface area contributed by atoms with Crippen molar-refractivity contribution in [2.24, 2.45) is 0 Å². The largest absolute Gasteiger partial charge is 0.459 e. The summed E-state index contributed by atoms with van der Waals surface area (Å²) >= 11 is 1.25. The first-order valence-electron chi connectivity index (χ1n) is 9.08. The number of carbonyl (C=O) groups is 2. The lowest BCUT2D eigenvalue weighted by atomic mass is 10.2. The van der Waals surface area contributed by atoms with Crippen molar-refractivity contribution >= 4 is 28.3 Å². The fraction of sp³-hybridized carbons (Fsp3) is 0.263. The van der Waals surface area contributed by atoms with E-state index >= 15 is 0 Å². The second-order valence-corrected chi connectivity index (χ2v) is 7.58. The molecule has 0 radical (unpaired) electrons. The Kier molecular flexibility index (Phi) is 4.39. The third-order valence-electron chi connectivity index (χ3n) is 4.82. The van der Waals surface area contributed by atoms with Gasteiger partial charge < -0.3 is 18.8 Å². The van der Waals surface area contributed by atoms with Crippen LogP contribution in [-0.4, -0.2) is 46.3 Å². The molecule has 4 heterocycles. The lowest BCUT2D eigenvalue weighted by molar-refractivity contribution is -0.119. The highest BCUT2D eigenvalue weighted by Crippen LogP contribution is 2.37. The SMILES string of the molecule is O=C(Nc1nnc(-c2ccc3c(c2)OCO3)s1)C1CCCN1C(=O)c1ccco1. The van der Waals surface area contributed by atoms with Gasteiger partial charge in [-0.1, -0.05) is 11.3 Å². The number of benzene rings is 1. The van der Waals surface area contributed by atoms with E-state index in [2.05, 4.69) is 15.5 Å². The number of nitrogens with one attached hydrogen (secondary N) is 1. The monoisotopic (exact) mass is 412 g/mol. The van der Waals surface area contributed by atoms with Crippen LogP contribution in [-0.2, 0) is 4.79 Å². The molecule has 3 aromatic rings. The quantitative estimate of drug-likeness (QED) is 0.702. The first-order valence-corrected chi connectivity index (χ1v) is 9.89. The Morgan fingerprint density at radius 3 is 2.93 bits per heavy atom. The summed E-state index contributed by atoms with van der Waals surface area (Å²) < 4.78 is 15.9. The molecule has 2 aliphatic heterocycles. The molecule has 9 nitrogen and oxygen atoms in total. The number of likely N-dealkylation sites (tertiary alicyclic amines) is 1. The van der Waals surface area contributed by atoms with Crippen LogP contribution in [0.4, 0.5) is 5.13 Å². The first-order chi connectivity index (χ1) is 14.2. The van der Waals surface area contributed by atoms with Gasteiger partial charge in [0.15, 0.2) is 17.3 Å². The van der Waals surface area contributed by atoms with Gasteiger partial charge in [-0.2, -0.15) is 0 Å². The molecule has 10 heteroatoms. The zero-order valence-electron chi connectivity index (χ0n) is 15.2. The van der Waals surface area contributed by atoms with Gasteiger partial charge in [-0.15, -0.1) is 10.2 Å². The van der Waals surface area contributed by atoms with Crippen LogP contribution in [0.3, 0.4) is 0 Å². The summed E-state index contributed by atoms with van der Waals surface area (Å²) in [5.74, 6) is 1.00. The van der Waals surface area contributed by atoms with Crippen molar-refractivity contribution in [1.82, 2.24) is 15.1 Å². The van der Waals surface area contributed by atoms with Gasteiger partial charge in [-0.25, -0.2) is 0 Å². The first kappa shape index (κ1) is 17.7. The van der Waals surface area contributed by atoms with Gasteiger partial charge in [0.2, 0.25) is 17.8 Å². The van der Waals surface area contributed by atoms with E-state index in [1.54, 1.807) is 12.1 Å². The maximum absolute atomic E-state index is 12.8. The number of nitrogens with zero attached hydrogens (tertiary/aromatic N) is 3. The lowest BCUT2D eigenvalue weighted by Gasteiger charge is -2.22. The zero-order valence-corrected chi connectivity index (χ0v) is 16.0. The molecule has 1 unspecified atom stereocenters. The number of aromatic nitrogens is 2. The van der Waals surface area contributed by atoms with E-state index in [9.17, 15) is 9.59 Å². The molecular weight excluding hydrogens is 396 g/mol. The summed E-state index contributed by atoms with van der Waals surface area (Å²) in [6.45, 7) is 0.709. The molecule has 1 saturated heterocycles. The van der Waals surface area contributed by atoms with Crippen molar-refractivity contribution in [3.05, 3.63) is 42.4 Å². The summed E-state index contributed by atoms with van der Waals surface area (Å²) in [6.07, 6.45) is 2.78. The number of fused-ring (bicyclic) bond motifs is 1. The van der Waals surface area contributed by atoms with Crippen molar-refractivity contribution < 1.29 is 23.5 Å². The van der Waals surface area contributed by atoms with E-state index in [1.165, 1.54) is 22.5 Å². The highest BCUT2D eigenvalue weighted by atomic mass is 32.1. The van der Waals surface area contributed by atoms with E-state index < -0.39 is 6.04 Å². The summed E-state index contributed by atoms with van der Waals surface area (Å²) in [4.78, 5) is 26.9. The van der Waals surface area contributed by atoms with Crippen LogP contribution in [0.2, 0.25) is 0 Å². The standard InChI is InChI=1S/C19H16N4O5S/c24-16(12-3-1-7-23(12)18(25)14-4-2-8-26-14)20-19-22-21-17(29-19)11-5-6-13-15(9-11)28-10-27-13/h2,4-6,8-9,12H,1,3,7,10H2,(H,20,22,24). The molecule has 0 bridgehead atoms. The average Bonchev–Trinajstić information content (AvgIpc) is 3.54. The van der Waals surface area contributed by atoms with Crippen LogP contribution in [0.25, 0.3) is 10.6 Å². The minimum atomic E-state index is -0.564. The number of furan rings is 1. The zero-order chi connectivity index (χ0) is 19.8. The lowest BCUT2D eigenvalue weighted by Crippen LogP contribution is -2.43. The van der Waals surface area contributed by atoms with E-state index in [-0.39, 0.29) is 24.4 Å². The van der Waals surface area contributed by atoms with E-state index in [0.717, 1.165) is 12.0 Å². The molecule has 0 spiro atoms. The topological polar surface area (TPSA) is 107 Å². The summed E-state index contributed by atoms with van der Waals surface area (Å²) in [6, 6.07) is 8.18. The van der Waals surface area contributed by atoms with Crippen molar-refractivity contribution in [2.45, 2.75) is 18.9 Å². The van der Waals surface area contributed by atoms with E-state index in [0.29, 0.717) is 34.6 Å². The van der Waals surface area contributed by atoms with Gasteiger partial charge in [0.25, 0.3) is 5.91 Å². The smallest absolute Gasteiger partial charge is 0.290 e. The molecular formula is C19H16N4O5S. The van der Waals surface area contributed by atoms with E-state index in [4.69, 9.17) is 13.9 Å². The van der Waals surface area contributed by atoms with Crippen LogP contribution >= 0.6 is 11.3 Å². The maximum atomic E-state index is 12.8. The fourth-order valence-corrected chi connectivity index (χ4v) is 4.18. The van der Waals surface area contributed by atoms with Gasteiger partial charge in [0.05, 0.1) is 6.26 Å². The van der Waals surface area contributed by atoms with Gasteiger partial charge in [-0.3, -0.25) is 14.9 Å². The number of hydrogen-bond donors (Lipinski definition) is 1. The van der Waals surface area contributed by atoms with Crippen LogP contribution < -0.4 is 14.8 Å².